The lowest BCUT2D eigenvalue weighted by Crippen LogP contribution is -2.06. The van der Waals surface area contributed by atoms with Crippen LogP contribution < -0.4 is 10.1 Å². The van der Waals surface area contributed by atoms with Crippen LogP contribution in [0, 0.1) is 0 Å². The molecule has 3 rings (SSSR count). The number of carbonyl (C=O) groups excluding carboxylic acids is 2. The average molecular weight is 362 g/mol. The van der Waals surface area contributed by atoms with Gasteiger partial charge in [0, 0.05) is 11.1 Å². The van der Waals surface area contributed by atoms with E-state index in [2.05, 4.69) is 5.32 Å². The van der Waals surface area contributed by atoms with Crippen molar-refractivity contribution < 1.29 is 14.3 Å². The van der Waals surface area contributed by atoms with Crippen molar-refractivity contribution in [1.29, 1.82) is 0 Å². The highest BCUT2D eigenvalue weighted by Gasteiger charge is 2.29. The zero-order valence-corrected chi connectivity index (χ0v) is 14.2. The molecule has 0 bridgehead atoms. The molecule has 1 heterocycles. The molecule has 0 aromatic heterocycles. The summed E-state index contributed by atoms with van der Waals surface area (Å²) >= 11 is 12.2. The molecule has 0 fully saturated rings. The highest BCUT2D eigenvalue weighted by Crippen LogP contribution is 2.41. The number of halogens is 2. The molecule has 1 aliphatic heterocycles. The second-order valence-corrected chi connectivity index (χ2v) is 5.93. The van der Waals surface area contributed by atoms with Crippen molar-refractivity contribution >= 4 is 46.2 Å². The van der Waals surface area contributed by atoms with Crippen molar-refractivity contribution in [3.8, 4) is 5.75 Å². The van der Waals surface area contributed by atoms with Crippen LogP contribution in [-0.4, -0.2) is 18.3 Å². The van der Waals surface area contributed by atoms with E-state index in [0.717, 1.165) is 0 Å². The molecule has 0 radical (unpaired) electrons. The van der Waals surface area contributed by atoms with Gasteiger partial charge in [0.15, 0.2) is 5.78 Å². The number of ketones is 1. The minimum atomic E-state index is -0.403. The number of amides is 1. The van der Waals surface area contributed by atoms with E-state index >= 15 is 0 Å². The highest BCUT2D eigenvalue weighted by molar-refractivity contribution is 6.45. The Balaban J connectivity index is 1.96. The smallest absolute Gasteiger partial charge is 0.256 e. The summed E-state index contributed by atoms with van der Waals surface area (Å²) in [5.41, 5.74) is 1.54. The van der Waals surface area contributed by atoms with Crippen molar-refractivity contribution in [2.45, 2.75) is 6.92 Å². The number of rotatable bonds is 4. The molecule has 2 aromatic carbocycles. The Morgan fingerprint density at radius 1 is 1.12 bits per heavy atom. The van der Waals surface area contributed by atoms with Gasteiger partial charge in [-0.2, -0.15) is 0 Å². The van der Waals surface area contributed by atoms with Gasteiger partial charge in [0.05, 0.1) is 27.9 Å². The normalized spacial score (nSPS) is 14.5. The zero-order valence-electron chi connectivity index (χ0n) is 12.7. The van der Waals surface area contributed by atoms with E-state index in [9.17, 15) is 9.59 Å². The molecule has 0 spiro atoms. The Kier molecular flexibility index (Phi) is 4.60. The topological polar surface area (TPSA) is 55.4 Å². The molecule has 4 nitrogen and oxygen atoms in total. The van der Waals surface area contributed by atoms with Crippen LogP contribution in [0.1, 0.15) is 22.8 Å². The molecule has 1 amide bonds. The number of hydrogen-bond acceptors (Lipinski definition) is 3. The number of ether oxygens (including phenoxy) is 1. The first kappa shape index (κ1) is 16.6. The second-order valence-electron chi connectivity index (χ2n) is 5.11. The highest BCUT2D eigenvalue weighted by atomic mass is 35.5. The van der Waals surface area contributed by atoms with Crippen LogP contribution in [0.2, 0.25) is 10.0 Å². The van der Waals surface area contributed by atoms with E-state index in [4.69, 9.17) is 27.9 Å². The lowest BCUT2D eigenvalue weighted by molar-refractivity contribution is -0.110. The maximum Gasteiger partial charge on any atom is 0.256 e. The zero-order chi connectivity index (χ0) is 17.3. The third-order valence-corrected chi connectivity index (χ3v) is 4.21. The fourth-order valence-electron chi connectivity index (χ4n) is 2.47. The lowest BCUT2D eigenvalue weighted by Gasteiger charge is -2.04. The molecule has 2 aromatic rings. The van der Waals surface area contributed by atoms with E-state index in [1.54, 1.807) is 36.4 Å². The van der Waals surface area contributed by atoms with Gasteiger partial charge >= 0.3 is 0 Å². The average Bonchev–Trinajstić information content (AvgIpc) is 2.90. The van der Waals surface area contributed by atoms with Crippen LogP contribution in [0.15, 0.2) is 42.5 Å². The monoisotopic (exact) mass is 361 g/mol. The van der Waals surface area contributed by atoms with E-state index in [-0.39, 0.29) is 11.4 Å². The Labute approximate surface area is 149 Å². The molecule has 0 saturated heterocycles. The van der Waals surface area contributed by atoms with Gasteiger partial charge in [-0.25, -0.2) is 0 Å². The standard InChI is InChI=1S/C18H13Cl2NO3/c1-2-24-11-5-3-10(4-6-11)15(22)9-12-16-13(19)7-8-14(20)17(16)21-18(12)23/h3-9H,2H2,1H3,(H,21,23)/b12-9-. The van der Waals surface area contributed by atoms with Crippen LogP contribution in [0.3, 0.4) is 0 Å². The predicted octanol–water partition coefficient (Wildman–Crippen LogP) is 4.61. The van der Waals surface area contributed by atoms with Crippen LogP contribution in [0.5, 0.6) is 5.75 Å². The van der Waals surface area contributed by atoms with Crippen molar-refractivity contribution in [3.63, 3.8) is 0 Å². The van der Waals surface area contributed by atoms with Crippen molar-refractivity contribution in [2.24, 2.45) is 0 Å². The van der Waals surface area contributed by atoms with Crippen LogP contribution in [0.25, 0.3) is 5.57 Å². The largest absolute Gasteiger partial charge is 0.494 e. The van der Waals surface area contributed by atoms with Gasteiger partial charge < -0.3 is 10.1 Å². The molecule has 0 atom stereocenters. The Morgan fingerprint density at radius 2 is 1.79 bits per heavy atom. The van der Waals surface area contributed by atoms with Gasteiger partial charge in [-0.05, 0) is 49.4 Å². The van der Waals surface area contributed by atoms with Crippen molar-refractivity contribution in [3.05, 3.63) is 63.6 Å². The Morgan fingerprint density at radius 3 is 2.46 bits per heavy atom. The molecular formula is C18H13Cl2NO3. The lowest BCUT2D eigenvalue weighted by atomic mass is 10.0. The summed E-state index contributed by atoms with van der Waals surface area (Å²) in [5.74, 6) is -0.0214. The first-order chi connectivity index (χ1) is 11.5. The van der Waals surface area contributed by atoms with Gasteiger partial charge in [-0.1, -0.05) is 23.2 Å². The number of anilines is 1. The number of nitrogens with one attached hydrogen (secondary N) is 1. The van der Waals surface area contributed by atoms with Crippen LogP contribution >= 0.6 is 23.2 Å². The molecular weight excluding hydrogens is 349 g/mol. The molecule has 0 aliphatic carbocycles. The Hall–Kier alpha value is -2.30. The summed E-state index contributed by atoms with van der Waals surface area (Å²) in [6.45, 7) is 2.43. The predicted molar refractivity (Wildman–Crippen MR) is 95.0 cm³/mol. The number of benzene rings is 2. The van der Waals surface area contributed by atoms with Crippen molar-refractivity contribution in [1.82, 2.24) is 0 Å². The van der Waals surface area contributed by atoms with Gasteiger partial charge in [0.2, 0.25) is 0 Å². The molecule has 1 N–H and O–H groups in total. The minimum absolute atomic E-state index is 0.205. The second kappa shape index (κ2) is 6.67. The SMILES string of the molecule is CCOc1ccc(C(=O)/C=C2\C(=O)Nc3c(Cl)ccc(Cl)c32)cc1. The third kappa shape index (κ3) is 3.03. The van der Waals surface area contributed by atoms with E-state index < -0.39 is 5.91 Å². The minimum Gasteiger partial charge on any atom is -0.494 e. The van der Waals surface area contributed by atoms with Gasteiger partial charge in [-0.15, -0.1) is 0 Å². The number of allylic oxidation sites excluding steroid dienone is 1. The van der Waals surface area contributed by atoms with Crippen LogP contribution in [-0.2, 0) is 4.79 Å². The number of hydrogen-bond donors (Lipinski definition) is 1. The maximum atomic E-state index is 12.4. The number of fused-ring (bicyclic) bond motifs is 1. The third-order valence-electron chi connectivity index (χ3n) is 3.58. The number of carbonyl (C=O) groups is 2. The summed E-state index contributed by atoms with van der Waals surface area (Å²) in [7, 11) is 0. The fraction of sp³-hybridized carbons (Fsp3) is 0.111. The molecule has 6 heteroatoms. The summed E-state index contributed by atoms with van der Waals surface area (Å²) in [5, 5.41) is 3.38. The summed E-state index contributed by atoms with van der Waals surface area (Å²) in [6.07, 6.45) is 1.28. The van der Waals surface area contributed by atoms with E-state index in [1.165, 1.54) is 6.08 Å². The first-order valence-corrected chi connectivity index (χ1v) is 8.05. The fourth-order valence-corrected chi connectivity index (χ4v) is 2.93. The summed E-state index contributed by atoms with van der Waals surface area (Å²) in [6, 6.07) is 9.91. The maximum absolute atomic E-state index is 12.4. The molecule has 24 heavy (non-hydrogen) atoms. The quantitative estimate of drug-likeness (QED) is 0.638. The van der Waals surface area contributed by atoms with E-state index in [0.29, 0.717) is 39.2 Å². The van der Waals surface area contributed by atoms with Gasteiger partial charge in [0.1, 0.15) is 5.75 Å². The van der Waals surface area contributed by atoms with Gasteiger partial charge in [-0.3, -0.25) is 9.59 Å². The van der Waals surface area contributed by atoms with Gasteiger partial charge in [0.25, 0.3) is 5.91 Å². The molecule has 0 unspecified atom stereocenters. The van der Waals surface area contributed by atoms with Crippen LogP contribution in [0.4, 0.5) is 5.69 Å². The molecule has 122 valence electrons. The summed E-state index contributed by atoms with van der Waals surface area (Å²) in [4.78, 5) is 24.6. The van der Waals surface area contributed by atoms with Crippen molar-refractivity contribution in [2.75, 3.05) is 11.9 Å². The summed E-state index contributed by atoms with van der Waals surface area (Å²) < 4.78 is 5.34. The molecule has 0 saturated carbocycles. The first-order valence-electron chi connectivity index (χ1n) is 7.30. The molecule has 1 aliphatic rings. The van der Waals surface area contributed by atoms with E-state index in [1.807, 2.05) is 6.92 Å². The Bertz CT molecular complexity index is 857.